The maximum absolute atomic E-state index is 12.7. The Bertz CT molecular complexity index is 1370. The summed E-state index contributed by atoms with van der Waals surface area (Å²) in [7, 11) is 1.64. The van der Waals surface area contributed by atoms with Gasteiger partial charge in [0.25, 0.3) is 0 Å². The number of carbonyl (C=O) groups excluding carboxylic acids is 1. The molecule has 6 nitrogen and oxygen atoms in total. The van der Waals surface area contributed by atoms with E-state index >= 15 is 0 Å². The van der Waals surface area contributed by atoms with Crippen LogP contribution in [0.3, 0.4) is 0 Å². The molecule has 5 aromatic rings. The molecule has 0 saturated heterocycles. The minimum atomic E-state index is -0.0916. The van der Waals surface area contributed by atoms with E-state index in [1.807, 2.05) is 94.8 Å². The van der Waals surface area contributed by atoms with E-state index in [2.05, 4.69) is 10.3 Å². The van der Waals surface area contributed by atoms with Crippen LogP contribution in [0.2, 0.25) is 0 Å². The predicted molar refractivity (Wildman–Crippen MR) is 130 cm³/mol. The maximum Gasteiger partial charge on any atom is 0.230 e. The number of fused-ring (bicyclic) bond motifs is 1. The van der Waals surface area contributed by atoms with Crippen LogP contribution >= 0.6 is 11.3 Å². The van der Waals surface area contributed by atoms with Gasteiger partial charge in [0.15, 0.2) is 4.96 Å². The number of nitrogens with one attached hydrogen (secondary N) is 1. The molecule has 0 aliphatic carbocycles. The highest BCUT2D eigenvalue weighted by Gasteiger charge is 2.13. The summed E-state index contributed by atoms with van der Waals surface area (Å²) in [6, 6.07) is 24.7. The van der Waals surface area contributed by atoms with Gasteiger partial charge >= 0.3 is 0 Å². The molecule has 0 spiro atoms. The zero-order chi connectivity index (χ0) is 22.6. The topological polar surface area (TPSA) is 64.9 Å². The molecular formula is C26H21N3O3S. The van der Waals surface area contributed by atoms with Crippen molar-refractivity contribution in [2.75, 3.05) is 12.4 Å². The molecule has 0 saturated carbocycles. The van der Waals surface area contributed by atoms with E-state index in [9.17, 15) is 4.79 Å². The largest absolute Gasteiger partial charge is 0.497 e. The predicted octanol–water partition coefficient (Wildman–Crippen LogP) is 6.04. The highest BCUT2D eigenvalue weighted by atomic mass is 32.1. The average molecular weight is 456 g/mol. The van der Waals surface area contributed by atoms with Crippen LogP contribution < -0.4 is 14.8 Å². The van der Waals surface area contributed by atoms with Crippen LogP contribution in [-0.4, -0.2) is 22.4 Å². The number of imidazole rings is 1. The number of amides is 1. The summed E-state index contributed by atoms with van der Waals surface area (Å²) in [6.07, 6.45) is 2.21. The molecule has 1 amide bonds. The molecule has 33 heavy (non-hydrogen) atoms. The second-order valence-corrected chi connectivity index (χ2v) is 8.24. The molecule has 0 fully saturated rings. The summed E-state index contributed by atoms with van der Waals surface area (Å²) >= 11 is 1.52. The Kier molecular flexibility index (Phi) is 5.78. The zero-order valence-corrected chi connectivity index (χ0v) is 18.7. The molecule has 0 bridgehead atoms. The van der Waals surface area contributed by atoms with E-state index in [0.717, 1.165) is 39.1 Å². The van der Waals surface area contributed by atoms with Crippen molar-refractivity contribution in [1.29, 1.82) is 0 Å². The number of hydrogen-bond acceptors (Lipinski definition) is 5. The fourth-order valence-corrected chi connectivity index (χ4v) is 4.33. The Morgan fingerprint density at radius 2 is 1.64 bits per heavy atom. The van der Waals surface area contributed by atoms with Crippen molar-refractivity contribution in [3.8, 4) is 28.5 Å². The Labute approximate surface area is 195 Å². The van der Waals surface area contributed by atoms with Crippen molar-refractivity contribution in [3.05, 3.63) is 96.1 Å². The van der Waals surface area contributed by atoms with Crippen LogP contribution in [0, 0.1) is 0 Å². The van der Waals surface area contributed by atoms with Gasteiger partial charge in [0, 0.05) is 28.5 Å². The monoisotopic (exact) mass is 455 g/mol. The summed E-state index contributed by atoms with van der Waals surface area (Å²) < 4.78 is 13.0. The van der Waals surface area contributed by atoms with Gasteiger partial charge in [-0.3, -0.25) is 9.20 Å². The van der Waals surface area contributed by atoms with E-state index in [-0.39, 0.29) is 12.3 Å². The average Bonchev–Trinajstić information content (AvgIpc) is 3.43. The first-order chi connectivity index (χ1) is 16.2. The van der Waals surface area contributed by atoms with Crippen molar-refractivity contribution in [2.24, 2.45) is 0 Å². The fraction of sp³-hybridized carbons (Fsp3) is 0.0769. The van der Waals surface area contributed by atoms with Gasteiger partial charge in [-0.25, -0.2) is 4.98 Å². The van der Waals surface area contributed by atoms with Gasteiger partial charge in [0.2, 0.25) is 5.91 Å². The SMILES string of the molecule is COc1ccc(-c2cn3c(CC(=O)Nc4ccc(Oc5ccccc5)cc4)csc3n2)cc1. The molecule has 3 aromatic carbocycles. The number of anilines is 1. The van der Waals surface area contributed by atoms with Gasteiger partial charge in [-0.05, 0) is 60.7 Å². The number of ether oxygens (including phenoxy) is 2. The van der Waals surface area contributed by atoms with Crippen LogP contribution in [0.1, 0.15) is 5.69 Å². The minimum absolute atomic E-state index is 0.0916. The first kappa shape index (κ1) is 20.8. The van der Waals surface area contributed by atoms with Gasteiger partial charge in [0.05, 0.1) is 19.2 Å². The van der Waals surface area contributed by atoms with Crippen molar-refractivity contribution in [3.63, 3.8) is 0 Å². The van der Waals surface area contributed by atoms with Crippen molar-refractivity contribution >= 4 is 27.9 Å². The molecule has 7 heteroatoms. The van der Waals surface area contributed by atoms with Crippen molar-refractivity contribution in [1.82, 2.24) is 9.38 Å². The third-order valence-corrected chi connectivity index (χ3v) is 6.02. The number of hydrogen-bond donors (Lipinski definition) is 1. The summed E-state index contributed by atoms with van der Waals surface area (Å²) in [5, 5.41) is 4.92. The zero-order valence-electron chi connectivity index (χ0n) is 17.9. The second-order valence-electron chi connectivity index (χ2n) is 7.40. The molecular weight excluding hydrogens is 434 g/mol. The second kappa shape index (κ2) is 9.18. The Balaban J connectivity index is 1.25. The Hall–Kier alpha value is -4.10. The molecule has 5 rings (SSSR count). The number of para-hydroxylation sites is 1. The summed E-state index contributed by atoms with van der Waals surface area (Å²) in [5.41, 5.74) is 3.47. The van der Waals surface area contributed by atoms with Crippen LogP contribution in [0.25, 0.3) is 16.2 Å². The van der Waals surface area contributed by atoms with Crippen molar-refractivity contribution in [2.45, 2.75) is 6.42 Å². The molecule has 0 radical (unpaired) electrons. The summed E-state index contributed by atoms with van der Waals surface area (Å²) in [4.78, 5) is 18.2. The lowest BCUT2D eigenvalue weighted by Crippen LogP contribution is -2.15. The first-order valence-electron chi connectivity index (χ1n) is 10.4. The molecule has 164 valence electrons. The van der Waals surface area contributed by atoms with Crippen LogP contribution in [0.4, 0.5) is 5.69 Å². The number of rotatable bonds is 7. The molecule has 2 aromatic heterocycles. The lowest BCUT2D eigenvalue weighted by molar-refractivity contribution is -0.115. The standard InChI is InChI=1S/C26H21N3O3S/c1-31-21-11-7-18(8-12-21)24-16-29-20(17-33-26(29)28-24)15-25(30)27-19-9-13-23(14-10-19)32-22-5-3-2-4-6-22/h2-14,16-17H,15H2,1H3,(H,27,30). The maximum atomic E-state index is 12.7. The highest BCUT2D eigenvalue weighted by molar-refractivity contribution is 7.15. The quantitative estimate of drug-likeness (QED) is 0.325. The van der Waals surface area contributed by atoms with Crippen molar-refractivity contribution < 1.29 is 14.3 Å². The third kappa shape index (κ3) is 4.73. The molecule has 2 heterocycles. The normalized spacial score (nSPS) is 10.8. The third-order valence-electron chi connectivity index (χ3n) is 5.13. The Morgan fingerprint density at radius 3 is 2.36 bits per heavy atom. The van der Waals surface area contributed by atoms with E-state index < -0.39 is 0 Å². The van der Waals surface area contributed by atoms with Gasteiger partial charge in [0.1, 0.15) is 17.2 Å². The molecule has 0 atom stereocenters. The lowest BCUT2D eigenvalue weighted by Gasteiger charge is -2.08. The number of aromatic nitrogens is 2. The number of carbonyl (C=O) groups is 1. The van der Waals surface area contributed by atoms with Gasteiger partial charge in [-0.1, -0.05) is 18.2 Å². The summed E-state index contributed by atoms with van der Waals surface area (Å²) in [5.74, 6) is 2.19. The summed E-state index contributed by atoms with van der Waals surface area (Å²) in [6.45, 7) is 0. The number of benzene rings is 3. The Morgan fingerprint density at radius 1 is 0.939 bits per heavy atom. The fourth-order valence-electron chi connectivity index (χ4n) is 3.46. The number of nitrogens with zero attached hydrogens (tertiary/aromatic N) is 2. The molecule has 0 aliphatic heterocycles. The van der Waals surface area contributed by atoms with E-state index in [1.165, 1.54) is 11.3 Å². The van der Waals surface area contributed by atoms with Gasteiger partial charge in [-0.2, -0.15) is 0 Å². The minimum Gasteiger partial charge on any atom is -0.497 e. The van der Waals surface area contributed by atoms with E-state index in [4.69, 9.17) is 9.47 Å². The van der Waals surface area contributed by atoms with Crippen LogP contribution in [-0.2, 0) is 11.2 Å². The van der Waals surface area contributed by atoms with Crippen LogP contribution in [0.5, 0.6) is 17.2 Å². The molecule has 1 N–H and O–H groups in total. The van der Waals surface area contributed by atoms with Crippen LogP contribution in [0.15, 0.2) is 90.4 Å². The van der Waals surface area contributed by atoms with Gasteiger partial charge < -0.3 is 14.8 Å². The van der Waals surface area contributed by atoms with E-state index in [1.54, 1.807) is 7.11 Å². The first-order valence-corrected chi connectivity index (χ1v) is 11.3. The number of methoxy groups -OCH3 is 1. The number of thiazole rings is 1. The highest BCUT2D eigenvalue weighted by Crippen LogP contribution is 2.26. The smallest absolute Gasteiger partial charge is 0.230 e. The van der Waals surface area contributed by atoms with Gasteiger partial charge in [-0.15, -0.1) is 11.3 Å². The molecule has 0 unspecified atom stereocenters. The molecule has 0 aliphatic rings. The van der Waals surface area contributed by atoms with E-state index in [0.29, 0.717) is 5.75 Å². The lowest BCUT2D eigenvalue weighted by atomic mass is 10.2.